The fourth-order valence-electron chi connectivity index (χ4n) is 5.06. The van der Waals surface area contributed by atoms with Crippen molar-refractivity contribution in [1.29, 1.82) is 0 Å². The summed E-state index contributed by atoms with van der Waals surface area (Å²) in [6.07, 6.45) is 18.2. The summed E-state index contributed by atoms with van der Waals surface area (Å²) in [5, 5.41) is 10.6. The molecule has 1 aliphatic heterocycles. The number of carboxylic acid groups (broad SMARTS) is 1. The quantitative estimate of drug-likeness (QED) is 0.247. The van der Waals surface area contributed by atoms with Crippen molar-refractivity contribution >= 4 is 11.8 Å². The van der Waals surface area contributed by atoms with Crippen LogP contribution in [0.5, 0.6) is 0 Å². The average Bonchev–Trinajstić information content (AvgIpc) is 3.12. The van der Waals surface area contributed by atoms with E-state index < -0.39 is 23.3 Å². The van der Waals surface area contributed by atoms with Gasteiger partial charge in [-0.25, -0.2) is 4.79 Å². The lowest BCUT2D eigenvalue weighted by Crippen LogP contribution is -2.59. The van der Waals surface area contributed by atoms with Crippen LogP contribution < -0.4 is 0 Å². The molecule has 1 saturated heterocycles. The molecule has 0 amide bonds. The van der Waals surface area contributed by atoms with Gasteiger partial charge in [0, 0.05) is 13.0 Å². The van der Waals surface area contributed by atoms with Crippen molar-refractivity contribution < 1.29 is 24.2 Å². The molecule has 0 bridgehead atoms. The maximum atomic E-state index is 13.6. The zero-order valence-electron chi connectivity index (χ0n) is 20.0. The van der Waals surface area contributed by atoms with E-state index >= 15 is 0 Å². The standard InChI is InChI=1S/C27H42O5/c1-4-7-9-10-11-14-17-26(21-22(6-3)20-23(26)28)27(25(29)30,18-13-8-5-2)32-24-16-12-15-19-31-24/h5-6,8,14,17,22,24H,3-4,7,9-13,15-16,18-21H2,1-2H3,(H,29,30). The van der Waals surface area contributed by atoms with Gasteiger partial charge < -0.3 is 14.6 Å². The number of hydrogen-bond acceptors (Lipinski definition) is 4. The van der Waals surface area contributed by atoms with E-state index in [1.54, 1.807) is 6.08 Å². The number of ether oxygens (including phenoxy) is 2. The predicted octanol–water partition coefficient (Wildman–Crippen LogP) is 6.39. The Morgan fingerprint density at radius 2 is 2.09 bits per heavy atom. The van der Waals surface area contributed by atoms with Crippen LogP contribution in [0.4, 0.5) is 0 Å². The van der Waals surface area contributed by atoms with Crippen LogP contribution in [0.3, 0.4) is 0 Å². The summed E-state index contributed by atoms with van der Waals surface area (Å²) < 4.78 is 12.2. The Kier molecular flexibility index (Phi) is 10.9. The van der Waals surface area contributed by atoms with Gasteiger partial charge in [0.1, 0.15) is 5.78 Å². The van der Waals surface area contributed by atoms with E-state index in [4.69, 9.17) is 9.47 Å². The highest BCUT2D eigenvalue weighted by atomic mass is 16.7. The molecule has 1 saturated carbocycles. The molecule has 5 nitrogen and oxygen atoms in total. The van der Waals surface area contributed by atoms with Crippen molar-refractivity contribution in [2.75, 3.05) is 6.61 Å². The molecule has 180 valence electrons. The highest BCUT2D eigenvalue weighted by Gasteiger charge is 2.64. The number of Topliss-reactive ketones (excluding diaryl/α,β-unsaturated/α-hetero) is 1. The van der Waals surface area contributed by atoms with Crippen LogP contribution in [-0.4, -0.2) is 35.4 Å². The molecule has 0 aromatic rings. The fourth-order valence-corrected chi connectivity index (χ4v) is 5.06. The molecule has 4 atom stereocenters. The van der Waals surface area contributed by atoms with E-state index in [1.807, 2.05) is 31.2 Å². The minimum absolute atomic E-state index is 0.0523. The molecule has 0 spiro atoms. The Labute approximate surface area is 193 Å². The van der Waals surface area contributed by atoms with Gasteiger partial charge in [0.05, 0.1) is 5.41 Å². The Morgan fingerprint density at radius 1 is 1.28 bits per heavy atom. The number of carboxylic acids is 1. The Balaban J connectivity index is 2.45. The van der Waals surface area contributed by atoms with Gasteiger partial charge >= 0.3 is 5.97 Å². The topological polar surface area (TPSA) is 72.8 Å². The van der Waals surface area contributed by atoms with Crippen molar-refractivity contribution in [3.8, 4) is 0 Å². The number of ketones is 1. The largest absolute Gasteiger partial charge is 0.479 e. The highest BCUT2D eigenvalue weighted by Crippen LogP contribution is 2.53. The second kappa shape index (κ2) is 13.1. The highest BCUT2D eigenvalue weighted by molar-refractivity contribution is 5.97. The molecule has 4 unspecified atom stereocenters. The first-order valence-electron chi connectivity index (χ1n) is 12.4. The average molecular weight is 447 g/mol. The van der Waals surface area contributed by atoms with Crippen LogP contribution in [-0.2, 0) is 19.1 Å². The molecular weight excluding hydrogens is 404 g/mol. The lowest BCUT2D eigenvalue weighted by atomic mass is 9.66. The van der Waals surface area contributed by atoms with Crippen molar-refractivity contribution in [2.24, 2.45) is 11.3 Å². The van der Waals surface area contributed by atoms with Gasteiger partial charge in [-0.1, -0.05) is 56.6 Å². The second-order valence-corrected chi connectivity index (χ2v) is 9.20. The minimum atomic E-state index is -1.66. The molecule has 5 heteroatoms. The third kappa shape index (κ3) is 6.20. The third-order valence-electron chi connectivity index (χ3n) is 6.92. The lowest BCUT2D eigenvalue weighted by molar-refractivity contribution is -0.253. The van der Waals surface area contributed by atoms with Crippen LogP contribution >= 0.6 is 0 Å². The van der Waals surface area contributed by atoms with E-state index in [0.717, 1.165) is 38.5 Å². The molecule has 1 aliphatic carbocycles. The van der Waals surface area contributed by atoms with Gasteiger partial charge in [-0.2, -0.15) is 0 Å². The lowest BCUT2D eigenvalue weighted by Gasteiger charge is -2.45. The fraction of sp³-hybridized carbons (Fsp3) is 0.704. The molecule has 1 heterocycles. The van der Waals surface area contributed by atoms with E-state index in [-0.39, 0.29) is 18.1 Å². The maximum Gasteiger partial charge on any atom is 0.337 e. The summed E-state index contributed by atoms with van der Waals surface area (Å²) in [7, 11) is 0. The summed E-state index contributed by atoms with van der Waals surface area (Å²) in [5.41, 5.74) is -2.88. The van der Waals surface area contributed by atoms with Crippen LogP contribution in [0.1, 0.15) is 90.9 Å². The van der Waals surface area contributed by atoms with E-state index in [1.165, 1.54) is 6.42 Å². The van der Waals surface area contributed by atoms with E-state index in [0.29, 0.717) is 32.3 Å². The van der Waals surface area contributed by atoms with Gasteiger partial charge in [0.25, 0.3) is 0 Å². The van der Waals surface area contributed by atoms with Crippen LogP contribution in [0.2, 0.25) is 0 Å². The summed E-state index contributed by atoms with van der Waals surface area (Å²) in [6, 6.07) is 0. The predicted molar refractivity (Wildman–Crippen MR) is 127 cm³/mol. The van der Waals surface area contributed by atoms with Crippen molar-refractivity contribution in [3.63, 3.8) is 0 Å². The number of allylic oxidation sites excluding steroid dienone is 4. The summed E-state index contributed by atoms with van der Waals surface area (Å²) in [4.78, 5) is 26.5. The van der Waals surface area contributed by atoms with Crippen LogP contribution in [0, 0.1) is 11.3 Å². The Bertz CT molecular complexity index is 676. The molecule has 0 radical (unpaired) electrons. The van der Waals surface area contributed by atoms with Crippen molar-refractivity contribution in [2.45, 2.75) is 103 Å². The number of unbranched alkanes of at least 4 members (excludes halogenated alkanes) is 4. The number of carbonyl (C=O) groups excluding carboxylic acids is 1. The van der Waals surface area contributed by atoms with Gasteiger partial charge in [0.15, 0.2) is 11.9 Å². The first-order valence-corrected chi connectivity index (χ1v) is 12.4. The SMILES string of the molecule is C=CC1CC(=O)C(C=CCCCCCC)(C(CCC=CC)(OC2CCCCO2)C(=O)O)C1. The number of aliphatic carboxylic acids is 1. The Hall–Kier alpha value is -1.72. The summed E-state index contributed by atoms with van der Waals surface area (Å²) >= 11 is 0. The molecule has 2 rings (SSSR count). The van der Waals surface area contributed by atoms with E-state index in [9.17, 15) is 14.7 Å². The molecule has 2 aliphatic rings. The number of rotatable bonds is 14. The zero-order chi connectivity index (χ0) is 23.5. The summed E-state index contributed by atoms with van der Waals surface area (Å²) in [5.74, 6) is -1.20. The number of carbonyl (C=O) groups is 2. The first kappa shape index (κ1) is 26.5. The van der Waals surface area contributed by atoms with E-state index in [2.05, 4.69) is 13.5 Å². The van der Waals surface area contributed by atoms with Gasteiger partial charge in [-0.05, 0) is 64.2 Å². The first-order chi connectivity index (χ1) is 15.5. The second-order valence-electron chi connectivity index (χ2n) is 9.20. The maximum absolute atomic E-state index is 13.6. The van der Waals surface area contributed by atoms with Gasteiger partial charge in [0.2, 0.25) is 0 Å². The van der Waals surface area contributed by atoms with Crippen molar-refractivity contribution in [3.05, 3.63) is 37.0 Å². The molecule has 0 aromatic carbocycles. The number of hydrogen-bond donors (Lipinski definition) is 1. The van der Waals surface area contributed by atoms with Gasteiger partial charge in [-0.15, -0.1) is 6.58 Å². The monoisotopic (exact) mass is 446 g/mol. The van der Waals surface area contributed by atoms with Crippen molar-refractivity contribution in [1.82, 2.24) is 0 Å². The van der Waals surface area contributed by atoms with Gasteiger partial charge in [-0.3, -0.25) is 4.79 Å². The van der Waals surface area contributed by atoms with Crippen LogP contribution in [0.15, 0.2) is 37.0 Å². The van der Waals surface area contributed by atoms with Crippen LogP contribution in [0.25, 0.3) is 0 Å². The third-order valence-corrected chi connectivity index (χ3v) is 6.92. The molecular formula is C27H42O5. The minimum Gasteiger partial charge on any atom is -0.479 e. The zero-order valence-corrected chi connectivity index (χ0v) is 20.0. The smallest absolute Gasteiger partial charge is 0.337 e. The molecule has 1 N–H and O–H groups in total. The Morgan fingerprint density at radius 3 is 2.69 bits per heavy atom. The summed E-state index contributed by atoms with van der Waals surface area (Å²) in [6.45, 7) is 8.53. The molecule has 0 aromatic heterocycles. The molecule has 32 heavy (non-hydrogen) atoms. The normalized spacial score (nSPS) is 28.4. The molecule has 2 fully saturated rings.